The molecule has 64 valence electrons. The molecule has 0 saturated heterocycles. The fourth-order valence-corrected chi connectivity index (χ4v) is 1.21. The second-order valence-electron chi connectivity index (χ2n) is 2.04. The van der Waals surface area contributed by atoms with E-state index in [2.05, 4.69) is 16.9 Å². The van der Waals surface area contributed by atoms with E-state index in [1.54, 1.807) is 11.6 Å². The second kappa shape index (κ2) is 4.23. The fraction of sp³-hybridized carbons (Fsp3) is 0.143. The zero-order chi connectivity index (χ0) is 8.97. The fourth-order valence-electron chi connectivity index (χ4n) is 0.587. The molecule has 5 heteroatoms. The van der Waals surface area contributed by atoms with Crippen molar-refractivity contribution in [1.82, 2.24) is 10.3 Å². The van der Waals surface area contributed by atoms with Crippen molar-refractivity contribution in [3.63, 3.8) is 0 Å². The summed E-state index contributed by atoms with van der Waals surface area (Å²) < 4.78 is 0. The summed E-state index contributed by atoms with van der Waals surface area (Å²) >= 11 is 6.74. The Hall–Kier alpha value is -0.870. The molecule has 12 heavy (non-hydrogen) atoms. The molecule has 1 aromatic heterocycles. The summed E-state index contributed by atoms with van der Waals surface area (Å²) in [4.78, 5) is 15.0. The molecule has 0 bridgehead atoms. The van der Waals surface area contributed by atoms with Gasteiger partial charge in [0.1, 0.15) is 0 Å². The largest absolute Gasteiger partial charge is 0.345 e. The Kier molecular flexibility index (Phi) is 3.25. The highest BCUT2D eigenvalue weighted by Crippen LogP contribution is 2.03. The van der Waals surface area contributed by atoms with E-state index in [1.807, 2.05) is 0 Å². The molecule has 0 unspecified atom stereocenters. The maximum Gasteiger partial charge on any atom is 0.280 e. The van der Waals surface area contributed by atoms with Crippen molar-refractivity contribution in [2.75, 3.05) is 6.54 Å². The van der Waals surface area contributed by atoms with Gasteiger partial charge in [-0.25, -0.2) is 4.98 Å². The number of halogens is 1. The van der Waals surface area contributed by atoms with E-state index < -0.39 is 0 Å². The first-order chi connectivity index (χ1) is 5.70. The Morgan fingerprint density at radius 2 is 2.58 bits per heavy atom. The van der Waals surface area contributed by atoms with E-state index in [0.717, 1.165) is 0 Å². The van der Waals surface area contributed by atoms with Crippen LogP contribution in [0.3, 0.4) is 0 Å². The summed E-state index contributed by atoms with van der Waals surface area (Å²) in [6, 6.07) is 0. The molecule has 1 heterocycles. The molecular weight excluding hydrogens is 196 g/mol. The Morgan fingerprint density at radius 3 is 3.08 bits per heavy atom. The molecule has 0 radical (unpaired) electrons. The summed E-state index contributed by atoms with van der Waals surface area (Å²) in [6.45, 7) is 3.72. The standard InChI is InChI=1S/C7H7ClN2OS/c1-5(8)4-10-6(11)7-9-2-3-12-7/h2-3H,1,4H2,(H,10,11). The first-order valence-corrected chi connectivity index (χ1v) is 4.47. The third-order valence-corrected chi connectivity index (χ3v) is 1.97. The zero-order valence-electron chi connectivity index (χ0n) is 6.21. The number of carbonyl (C=O) groups excluding carboxylic acids is 1. The van der Waals surface area contributed by atoms with Gasteiger partial charge < -0.3 is 5.32 Å². The molecular formula is C7H7ClN2OS. The van der Waals surface area contributed by atoms with Crippen molar-refractivity contribution in [3.8, 4) is 0 Å². The summed E-state index contributed by atoms with van der Waals surface area (Å²) in [7, 11) is 0. The molecule has 1 aromatic rings. The van der Waals surface area contributed by atoms with Gasteiger partial charge >= 0.3 is 0 Å². The lowest BCUT2D eigenvalue weighted by Crippen LogP contribution is -2.24. The lowest BCUT2D eigenvalue weighted by molar-refractivity contribution is 0.0957. The monoisotopic (exact) mass is 202 g/mol. The van der Waals surface area contributed by atoms with Gasteiger partial charge in [0.15, 0.2) is 5.01 Å². The molecule has 0 aliphatic heterocycles. The Labute approximate surface area is 79.1 Å². The van der Waals surface area contributed by atoms with Crippen molar-refractivity contribution in [1.29, 1.82) is 0 Å². The van der Waals surface area contributed by atoms with Gasteiger partial charge in [-0.05, 0) is 0 Å². The van der Waals surface area contributed by atoms with Crippen LogP contribution in [0.25, 0.3) is 0 Å². The number of aromatic nitrogens is 1. The van der Waals surface area contributed by atoms with E-state index in [9.17, 15) is 4.79 Å². The highest BCUT2D eigenvalue weighted by molar-refractivity contribution is 7.11. The number of nitrogens with zero attached hydrogens (tertiary/aromatic N) is 1. The van der Waals surface area contributed by atoms with Crippen LogP contribution in [0.2, 0.25) is 0 Å². The van der Waals surface area contributed by atoms with Crippen molar-refractivity contribution >= 4 is 28.8 Å². The third-order valence-electron chi connectivity index (χ3n) is 1.07. The van der Waals surface area contributed by atoms with Crippen LogP contribution in [0.5, 0.6) is 0 Å². The van der Waals surface area contributed by atoms with Gasteiger partial charge in [0, 0.05) is 16.6 Å². The van der Waals surface area contributed by atoms with Crippen molar-refractivity contribution in [2.24, 2.45) is 0 Å². The predicted molar refractivity (Wildman–Crippen MR) is 49.4 cm³/mol. The van der Waals surface area contributed by atoms with Crippen LogP contribution in [0.1, 0.15) is 9.80 Å². The van der Waals surface area contributed by atoms with Gasteiger partial charge in [-0.2, -0.15) is 0 Å². The van der Waals surface area contributed by atoms with Gasteiger partial charge in [0.25, 0.3) is 5.91 Å². The van der Waals surface area contributed by atoms with Crippen LogP contribution >= 0.6 is 22.9 Å². The number of amides is 1. The molecule has 0 fully saturated rings. The molecule has 1 amide bonds. The molecule has 0 aliphatic rings. The number of hydrogen-bond acceptors (Lipinski definition) is 3. The Morgan fingerprint density at radius 1 is 1.83 bits per heavy atom. The molecule has 0 spiro atoms. The van der Waals surface area contributed by atoms with Crippen LogP contribution < -0.4 is 5.32 Å². The van der Waals surface area contributed by atoms with Crippen LogP contribution in [0.15, 0.2) is 23.2 Å². The Balaban J connectivity index is 2.45. The smallest absolute Gasteiger partial charge is 0.280 e. The third kappa shape index (κ3) is 2.64. The van der Waals surface area contributed by atoms with Crippen molar-refractivity contribution < 1.29 is 4.79 Å². The molecule has 3 nitrogen and oxygen atoms in total. The predicted octanol–water partition coefficient (Wildman–Crippen LogP) is 1.63. The zero-order valence-corrected chi connectivity index (χ0v) is 7.78. The number of thiazole rings is 1. The Bertz CT molecular complexity index is 284. The van der Waals surface area contributed by atoms with E-state index >= 15 is 0 Å². The summed E-state index contributed by atoms with van der Waals surface area (Å²) in [5, 5.41) is 5.14. The van der Waals surface area contributed by atoms with E-state index in [1.165, 1.54) is 11.3 Å². The maximum absolute atomic E-state index is 11.1. The summed E-state index contributed by atoms with van der Waals surface area (Å²) in [6.07, 6.45) is 1.58. The SMILES string of the molecule is C=C(Cl)CNC(=O)c1nccs1. The highest BCUT2D eigenvalue weighted by atomic mass is 35.5. The van der Waals surface area contributed by atoms with Crippen molar-refractivity contribution in [2.45, 2.75) is 0 Å². The van der Waals surface area contributed by atoms with Crippen LogP contribution in [0, 0.1) is 0 Å². The van der Waals surface area contributed by atoms with Crippen LogP contribution in [0.4, 0.5) is 0 Å². The van der Waals surface area contributed by atoms with Gasteiger partial charge in [0.05, 0.1) is 6.54 Å². The van der Waals surface area contributed by atoms with E-state index in [4.69, 9.17) is 11.6 Å². The minimum atomic E-state index is -0.216. The minimum Gasteiger partial charge on any atom is -0.345 e. The number of nitrogens with one attached hydrogen (secondary N) is 1. The molecule has 0 saturated carbocycles. The number of hydrogen-bond donors (Lipinski definition) is 1. The lowest BCUT2D eigenvalue weighted by atomic mass is 10.5. The summed E-state index contributed by atoms with van der Waals surface area (Å²) in [5.41, 5.74) is 0. The average molecular weight is 203 g/mol. The first kappa shape index (κ1) is 9.22. The molecule has 0 aromatic carbocycles. The van der Waals surface area contributed by atoms with Gasteiger partial charge in [-0.1, -0.05) is 18.2 Å². The normalized spacial score (nSPS) is 9.42. The van der Waals surface area contributed by atoms with E-state index in [-0.39, 0.29) is 12.5 Å². The second-order valence-corrected chi connectivity index (χ2v) is 3.47. The maximum atomic E-state index is 11.1. The topological polar surface area (TPSA) is 42.0 Å². The molecule has 0 aliphatic carbocycles. The van der Waals surface area contributed by atoms with Crippen LogP contribution in [-0.4, -0.2) is 17.4 Å². The van der Waals surface area contributed by atoms with Crippen LogP contribution in [-0.2, 0) is 0 Å². The highest BCUT2D eigenvalue weighted by Gasteiger charge is 2.06. The minimum absolute atomic E-state index is 0.216. The quantitative estimate of drug-likeness (QED) is 0.810. The summed E-state index contributed by atoms with van der Waals surface area (Å²) in [5.74, 6) is -0.216. The first-order valence-electron chi connectivity index (χ1n) is 3.21. The number of rotatable bonds is 3. The lowest BCUT2D eigenvalue weighted by Gasteiger charge is -1.98. The molecule has 0 atom stereocenters. The van der Waals surface area contributed by atoms with Crippen molar-refractivity contribution in [3.05, 3.63) is 28.2 Å². The average Bonchev–Trinajstić information content (AvgIpc) is 2.51. The molecule has 1 N–H and O–H groups in total. The van der Waals surface area contributed by atoms with Gasteiger partial charge in [-0.3, -0.25) is 4.79 Å². The van der Waals surface area contributed by atoms with Gasteiger partial charge in [-0.15, -0.1) is 11.3 Å². The van der Waals surface area contributed by atoms with Gasteiger partial charge in [0.2, 0.25) is 0 Å². The van der Waals surface area contributed by atoms with E-state index in [0.29, 0.717) is 10.0 Å². The molecule has 1 rings (SSSR count). The number of carbonyl (C=O) groups is 1.